The molecule has 0 radical (unpaired) electrons. The smallest absolute Gasteiger partial charge is 0.319 e. The normalized spacial score (nSPS) is 27.5. The molecule has 4 atom stereocenters. The molecule has 5 aliphatic heterocycles. The molecule has 4 aromatic rings. The topological polar surface area (TPSA) is 102 Å². The molecule has 8 heterocycles. The number of hydrogen-bond donors (Lipinski definition) is 1. The zero-order valence-corrected chi connectivity index (χ0v) is 25.8. The Hall–Kier alpha value is -3.48. The predicted octanol–water partition coefficient (Wildman–Crippen LogP) is 4.92. The van der Waals surface area contributed by atoms with Crippen LogP contribution in [0.25, 0.3) is 33.1 Å². The number of fused-ring (bicyclic) bond motifs is 8. The highest BCUT2D eigenvalue weighted by atomic mass is 19.1. The number of aryl methyl sites for hydroxylation is 1. The van der Waals surface area contributed by atoms with Crippen LogP contribution in [-0.2, 0) is 15.9 Å². The summed E-state index contributed by atoms with van der Waals surface area (Å²) in [5.74, 6) is 0.0309. The summed E-state index contributed by atoms with van der Waals surface area (Å²) in [5.41, 5.74) is 3.64. The fourth-order valence-corrected chi connectivity index (χ4v) is 7.94. The number of morpholine rings is 1. The van der Waals surface area contributed by atoms with E-state index in [0.717, 1.165) is 66.2 Å². The molecule has 1 aromatic carbocycles. The van der Waals surface area contributed by atoms with Gasteiger partial charge >= 0.3 is 6.01 Å². The number of alkyl halides is 1. The highest BCUT2D eigenvalue weighted by molar-refractivity contribution is 5.99. The van der Waals surface area contributed by atoms with Crippen molar-refractivity contribution < 1.29 is 23.0 Å². The Kier molecular flexibility index (Phi) is 7.33. The van der Waals surface area contributed by atoms with E-state index in [1.807, 2.05) is 13.8 Å². The molecule has 0 unspecified atom stereocenters. The van der Waals surface area contributed by atoms with E-state index in [0.29, 0.717) is 50.5 Å². The van der Waals surface area contributed by atoms with Crippen molar-refractivity contribution >= 4 is 27.6 Å². The number of rotatable bonds is 3. The van der Waals surface area contributed by atoms with Crippen molar-refractivity contribution in [1.29, 1.82) is 0 Å². The van der Waals surface area contributed by atoms with Gasteiger partial charge in [0, 0.05) is 49.8 Å². The largest absolute Gasteiger partial charge is 0.461 e. The number of anilines is 1. The van der Waals surface area contributed by atoms with E-state index in [4.69, 9.17) is 24.2 Å². The first-order chi connectivity index (χ1) is 21.9. The monoisotopic (exact) mass is 619 g/mol. The molecule has 6 bridgehead atoms. The number of hydrogen-bond acceptors (Lipinski definition) is 9. The van der Waals surface area contributed by atoms with Crippen molar-refractivity contribution in [3.63, 3.8) is 0 Å². The lowest BCUT2D eigenvalue weighted by Crippen LogP contribution is -2.48. The average molecular weight is 620 g/mol. The molecular weight excluding hydrogens is 580 g/mol. The van der Waals surface area contributed by atoms with E-state index >= 15 is 4.39 Å². The summed E-state index contributed by atoms with van der Waals surface area (Å²) >= 11 is 0. The number of aromatic amines is 1. The Morgan fingerprint density at radius 1 is 1.09 bits per heavy atom. The first-order valence-electron chi connectivity index (χ1n) is 16.2. The zero-order chi connectivity index (χ0) is 30.7. The van der Waals surface area contributed by atoms with Crippen molar-refractivity contribution in [1.82, 2.24) is 30.0 Å². The lowest BCUT2D eigenvalue weighted by molar-refractivity contribution is -0.0706. The number of aromatic nitrogens is 5. The van der Waals surface area contributed by atoms with E-state index in [2.05, 4.69) is 31.0 Å². The molecule has 0 saturated carbocycles. The van der Waals surface area contributed by atoms with Gasteiger partial charge in [0.05, 0.1) is 35.3 Å². The number of nitrogens with zero attached hydrogens (tertiary/aromatic N) is 6. The number of ether oxygens (including phenoxy) is 3. The molecular formula is C33H39F2N7O3. The van der Waals surface area contributed by atoms with Gasteiger partial charge in [-0.25, -0.2) is 8.78 Å². The molecule has 45 heavy (non-hydrogen) atoms. The van der Waals surface area contributed by atoms with Crippen molar-refractivity contribution in [2.75, 3.05) is 50.9 Å². The highest BCUT2D eigenvalue weighted by Crippen LogP contribution is 2.42. The van der Waals surface area contributed by atoms with Gasteiger partial charge in [-0.05, 0) is 69.7 Å². The Balaban J connectivity index is 1.29. The lowest BCUT2D eigenvalue weighted by Gasteiger charge is -2.37. The van der Waals surface area contributed by atoms with Gasteiger partial charge in [-0.15, -0.1) is 0 Å². The van der Waals surface area contributed by atoms with Gasteiger partial charge in [0.2, 0.25) is 0 Å². The quantitative estimate of drug-likeness (QED) is 0.343. The third-order valence-electron chi connectivity index (χ3n) is 10.3. The third-order valence-corrected chi connectivity index (χ3v) is 10.3. The Morgan fingerprint density at radius 2 is 2.00 bits per heavy atom. The van der Waals surface area contributed by atoms with Crippen LogP contribution >= 0.6 is 0 Å². The van der Waals surface area contributed by atoms with E-state index in [1.54, 1.807) is 12.4 Å². The van der Waals surface area contributed by atoms with Crippen LogP contribution in [0.5, 0.6) is 6.01 Å². The number of nitrogens with one attached hydrogen (secondary N) is 1. The summed E-state index contributed by atoms with van der Waals surface area (Å²) in [5, 5.41) is 8.65. The number of H-pyrrole nitrogens is 1. The molecule has 10 nitrogen and oxygen atoms in total. The summed E-state index contributed by atoms with van der Waals surface area (Å²) < 4.78 is 50.2. The summed E-state index contributed by atoms with van der Waals surface area (Å²) in [6.07, 6.45) is 7.00. The zero-order valence-electron chi connectivity index (χ0n) is 25.8. The van der Waals surface area contributed by atoms with E-state index in [-0.39, 0.29) is 41.6 Å². The molecule has 0 amide bonds. The van der Waals surface area contributed by atoms with Crippen LogP contribution in [0.2, 0.25) is 0 Å². The second-order valence-corrected chi connectivity index (χ2v) is 13.1. The molecule has 238 valence electrons. The number of benzene rings is 1. The van der Waals surface area contributed by atoms with Gasteiger partial charge in [0.25, 0.3) is 0 Å². The number of pyridine rings is 1. The maximum absolute atomic E-state index is 17.0. The average Bonchev–Trinajstić information content (AvgIpc) is 3.74. The van der Waals surface area contributed by atoms with E-state index in [1.165, 1.54) is 0 Å². The van der Waals surface area contributed by atoms with Crippen LogP contribution in [0.4, 0.5) is 14.6 Å². The minimum atomic E-state index is -0.877. The first-order valence-corrected chi connectivity index (χ1v) is 16.2. The summed E-state index contributed by atoms with van der Waals surface area (Å²) in [4.78, 5) is 18.6. The van der Waals surface area contributed by atoms with Crippen LogP contribution in [0, 0.1) is 12.7 Å². The number of halogens is 2. The van der Waals surface area contributed by atoms with Crippen molar-refractivity contribution in [3.05, 3.63) is 35.4 Å². The summed E-state index contributed by atoms with van der Waals surface area (Å²) in [7, 11) is 0. The van der Waals surface area contributed by atoms with Gasteiger partial charge in [-0.1, -0.05) is 0 Å². The lowest BCUT2D eigenvalue weighted by atomic mass is 9.91. The molecule has 3 aromatic heterocycles. The fourth-order valence-electron chi connectivity index (χ4n) is 7.94. The molecule has 9 rings (SSSR count). The second kappa shape index (κ2) is 11.4. The minimum absolute atomic E-state index is 0.0865. The standard InChI is InChI=1S/C33H39F2N7O3/c1-19-12-25-23(15-37-40-25)27-22(19)6-3-4-10-43-20(2)26-17-41(9-11-44-26)31-24-14-36-30(27)28(35)29(24)38-32(39-31)45-18-33-7-5-8-42(33)16-21(34)13-33/h12,14-15,20-21,26H,3-11,13,16-18H2,1-2H3,(H,37,40)/t20-,21+,26-,33-/m0/s1. The van der Waals surface area contributed by atoms with Gasteiger partial charge < -0.3 is 19.1 Å². The van der Waals surface area contributed by atoms with E-state index < -0.39 is 12.0 Å². The summed E-state index contributed by atoms with van der Waals surface area (Å²) in [6, 6.07) is 2.15. The maximum atomic E-state index is 17.0. The fraction of sp³-hybridized carbons (Fsp3) is 0.576. The van der Waals surface area contributed by atoms with Gasteiger partial charge in [0.15, 0.2) is 5.82 Å². The van der Waals surface area contributed by atoms with Crippen molar-refractivity contribution in [3.8, 4) is 17.3 Å². The Morgan fingerprint density at radius 3 is 2.91 bits per heavy atom. The van der Waals surface area contributed by atoms with Crippen LogP contribution < -0.4 is 9.64 Å². The highest BCUT2D eigenvalue weighted by Gasteiger charge is 2.49. The molecule has 3 saturated heterocycles. The van der Waals surface area contributed by atoms with Crippen LogP contribution in [0.15, 0.2) is 18.5 Å². The molecule has 5 aliphatic rings. The predicted molar refractivity (Wildman–Crippen MR) is 166 cm³/mol. The SMILES string of the molecule is Cc1cc2[nH]ncc2c2c1CCCCO[C@@H](C)[C@@H]1CN(CCO1)c1nc(OC[C@@]34CCCN3C[C@H](F)C4)nc3c(F)c-2ncc13. The third kappa shape index (κ3) is 5.01. The first kappa shape index (κ1) is 29.0. The Labute approximate surface area is 260 Å². The van der Waals surface area contributed by atoms with Gasteiger partial charge in [-0.3, -0.25) is 15.0 Å². The van der Waals surface area contributed by atoms with E-state index in [9.17, 15) is 4.39 Å². The molecule has 12 heteroatoms. The van der Waals surface area contributed by atoms with Crippen molar-refractivity contribution in [2.24, 2.45) is 0 Å². The van der Waals surface area contributed by atoms with Crippen molar-refractivity contribution in [2.45, 2.75) is 76.3 Å². The molecule has 1 N–H and O–H groups in total. The molecule has 0 spiro atoms. The Bertz CT molecular complexity index is 1750. The molecule has 0 aliphatic carbocycles. The van der Waals surface area contributed by atoms with Crippen LogP contribution in [0.1, 0.15) is 50.2 Å². The second-order valence-electron chi connectivity index (χ2n) is 13.1. The van der Waals surface area contributed by atoms with Gasteiger partial charge in [0.1, 0.15) is 35.9 Å². The minimum Gasteiger partial charge on any atom is -0.461 e. The van der Waals surface area contributed by atoms with Gasteiger partial charge in [-0.2, -0.15) is 15.1 Å². The van der Waals surface area contributed by atoms with Crippen LogP contribution in [-0.4, -0.2) is 100.0 Å². The molecule has 3 fully saturated rings. The maximum Gasteiger partial charge on any atom is 0.319 e. The van der Waals surface area contributed by atoms with Crippen LogP contribution in [0.3, 0.4) is 0 Å². The summed E-state index contributed by atoms with van der Waals surface area (Å²) in [6.45, 7) is 7.80.